The first-order valence-electron chi connectivity index (χ1n) is 8.53. The molecule has 0 aromatic heterocycles. The van der Waals surface area contributed by atoms with Crippen LogP contribution in [0.2, 0.25) is 0 Å². The van der Waals surface area contributed by atoms with Crippen molar-refractivity contribution >= 4 is 16.0 Å². The number of benzene rings is 2. The number of rotatable bonds is 7. The molecule has 152 valence electrons. The standard InChI is InChI=1S/C20H25NO6S/c1-13-7-8-16(28(23,24)21(3)4)11-17(13)20(22)27-12-15-10-19(26-6)18(25-5)9-14(15)2/h7-11H,12H2,1-6H3. The molecule has 8 heteroatoms. The van der Waals surface area contributed by atoms with Crippen molar-refractivity contribution in [1.82, 2.24) is 4.31 Å². The van der Waals surface area contributed by atoms with Gasteiger partial charge in [0.15, 0.2) is 11.5 Å². The second-order valence-electron chi connectivity index (χ2n) is 6.47. The molecule has 0 saturated carbocycles. The van der Waals surface area contributed by atoms with Crippen LogP contribution in [0.5, 0.6) is 11.5 Å². The van der Waals surface area contributed by atoms with E-state index in [9.17, 15) is 13.2 Å². The minimum absolute atomic E-state index is 0.0229. The fraction of sp³-hybridized carbons (Fsp3) is 0.350. The zero-order valence-corrected chi connectivity index (χ0v) is 17.7. The maximum absolute atomic E-state index is 12.6. The summed E-state index contributed by atoms with van der Waals surface area (Å²) in [5.74, 6) is 0.532. The summed E-state index contributed by atoms with van der Waals surface area (Å²) in [5, 5.41) is 0. The molecule has 0 atom stereocenters. The van der Waals surface area contributed by atoms with E-state index in [2.05, 4.69) is 0 Å². The summed E-state index contributed by atoms with van der Waals surface area (Å²) in [6.07, 6.45) is 0. The number of carbonyl (C=O) groups excluding carboxylic acids is 1. The second kappa shape index (κ2) is 8.62. The van der Waals surface area contributed by atoms with Crippen molar-refractivity contribution in [2.24, 2.45) is 0 Å². The number of methoxy groups -OCH3 is 2. The summed E-state index contributed by atoms with van der Waals surface area (Å²) >= 11 is 0. The zero-order chi connectivity index (χ0) is 21.1. The van der Waals surface area contributed by atoms with Crippen LogP contribution in [0.3, 0.4) is 0 Å². The molecule has 0 unspecified atom stereocenters. The van der Waals surface area contributed by atoms with Crippen molar-refractivity contribution in [3.05, 3.63) is 52.6 Å². The van der Waals surface area contributed by atoms with Crippen molar-refractivity contribution in [2.75, 3.05) is 28.3 Å². The Labute approximate surface area is 165 Å². The van der Waals surface area contributed by atoms with Crippen molar-refractivity contribution in [3.63, 3.8) is 0 Å². The van der Waals surface area contributed by atoms with Gasteiger partial charge in [-0.25, -0.2) is 17.5 Å². The molecule has 0 amide bonds. The smallest absolute Gasteiger partial charge is 0.338 e. The Hall–Kier alpha value is -2.58. The minimum atomic E-state index is -3.65. The molecule has 0 radical (unpaired) electrons. The summed E-state index contributed by atoms with van der Waals surface area (Å²) in [7, 11) is 2.31. The second-order valence-corrected chi connectivity index (χ2v) is 8.63. The van der Waals surface area contributed by atoms with E-state index in [0.717, 1.165) is 15.4 Å². The molecule has 2 rings (SSSR count). The summed E-state index contributed by atoms with van der Waals surface area (Å²) in [6, 6.07) is 7.96. The SMILES string of the molecule is COc1cc(C)c(COC(=O)c2cc(S(=O)(=O)N(C)C)ccc2C)cc1OC. The number of nitrogens with zero attached hydrogens (tertiary/aromatic N) is 1. The van der Waals surface area contributed by atoms with Crippen molar-refractivity contribution in [3.8, 4) is 11.5 Å². The Morgan fingerprint density at radius 3 is 2.14 bits per heavy atom. The Kier molecular flexibility index (Phi) is 6.69. The van der Waals surface area contributed by atoms with E-state index in [0.29, 0.717) is 17.1 Å². The lowest BCUT2D eigenvalue weighted by molar-refractivity contribution is 0.0470. The topological polar surface area (TPSA) is 82.1 Å². The number of esters is 1. The van der Waals surface area contributed by atoms with Crippen molar-refractivity contribution in [1.29, 1.82) is 0 Å². The highest BCUT2D eigenvalue weighted by Gasteiger charge is 2.21. The van der Waals surface area contributed by atoms with E-state index in [1.54, 1.807) is 32.2 Å². The van der Waals surface area contributed by atoms with Crippen LogP contribution in [-0.4, -0.2) is 47.0 Å². The first kappa shape index (κ1) is 21.7. The highest BCUT2D eigenvalue weighted by atomic mass is 32.2. The third-order valence-corrected chi connectivity index (χ3v) is 6.22. The molecular formula is C20H25NO6S. The Bertz CT molecular complexity index is 982. The largest absolute Gasteiger partial charge is 0.493 e. The van der Waals surface area contributed by atoms with Gasteiger partial charge in [-0.3, -0.25) is 0 Å². The van der Waals surface area contributed by atoms with Gasteiger partial charge in [-0.15, -0.1) is 0 Å². The molecule has 0 aliphatic rings. The number of hydrogen-bond donors (Lipinski definition) is 0. The molecule has 2 aromatic carbocycles. The van der Waals surface area contributed by atoms with Gasteiger partial charge in [-0.05, 0) is 54.8 Å². The number of hydrogen-bond acceptors (Lipinski definition) is 6. The quantitative estimate of drug-likeness (QED) is 0.657. The third kappa shape index (κ3) is 4.45. The van der Waals surface area contributed by atoms with Gasteiger partial charge < -0.3 is 14.2 Å². The van der Waals surface area contributed by atoms with Crippen LogP contribution in [0.4, 0.5) is 0 Å². The lowest BCUT2D eigenvalue weighted by Crippen LogP contribution is -2.22. The maximum atomic E-state index is 12.6. The van der Waals surface area contributed by atoms with E-state index in [4.69, 9.17) is 14.2 Å². The predicted molar refractivity (Wildman–Crippen MR) is 105 cm³/mol. The number of carbonyl (C=O) groups is 1. The Morgan fingerprint density at radius 2 is 1.57 bits per heavy atom. The average Bonchev–Trinajstić information content (AvgIpc) is 2.66. The highest BCUT2D eigenvalue weighted by molar-refractivity contribution is 7.89. The van der Waals surface area contributed by atoms with Gasteiger partial charge >= 0.3 is 5.97 Å². The van der Waals surface area contributed by atoms with Gasteiger partial charge in [0, 0.05) is 14.1 Å². The van der Waals surface area contributed by atoms with Gasteiger partial charge in [0.05, 0.1) is 24.7 Å². The molecule has 0 aliphatic heterocycles. The Balaban J connectivity index is 2.27. The molecule has 0 heterocycles. The molecule has 0 aliphatic carbocycles. The van der Waals surface area contributed by atoms with Crippen LogP contribution in [0, 0.1) is 13.8 Å². The molecule has 28 heavy (non-hydrogen) atoms. The van der Waals surface area contributed by atoms with Crippen LogP contribution in [-0.2, 0) is 21.4 Å². The first-order valence-corrected chi connectivity index (χ1v) is 9.97. The summed E-state index contributed by atoms with van der Waals surface area (Å²) < 4.78 is 41.7. The minimum Gasteiger partial charge on any atom is -0.493 e. The van der Waals surface area contributed by atoms with Crippen LogP contribution in [0.15, 0.2) is 35.2 Å². The summed E-state index contributed by atoms with van der Waals surface area (Å²) in [4.78, 5) is 12.6. The van der Waals surface area contributed by atoms with Crippen molar-refractivity contribution < 1.29 is 27.4 Å². The van der Waals surface area contributed by atoms with E-state index in [1.165, 1.54) is 33.3 Å². The van der Waals surface area contributed by atoms with E-state index in [-0.39, 0.29) is 17.1 Å². The van der Waals surface area contributed by atoms with Crippen molar-refractivity contribution in [2.45, 2.75) is 25.3 Å². The lowest BCUT2D eigenvalue weighted by Gasteiger charge is -2.15. The van der Waals surface area contributed by atoms with Gasteiger partial charge in [-0.2, -0.15) is 0 Å². The normalized spacial score (nSPS) is 11.4. The van der Waals surface area contributed by atoms with E-state index in [1.807, 2.05) is 6.92 Å². The molecular weight excluding hydrogens is 382 g/mol. The predicted octanol–water partition coefficient (Wildman–Crippen LogP) is 2.93. The van der Waals surface area contributed by atoms with Gasteiger partial charge in [0.1, 0.15) is 6.61 Å². The fourth-order valence-corrected chi connectivity index (χ4v) is 3.52. The number of ether oxygens (including phenoxy) is 3. The summed E-state index contributed by atoms with van der Waals surface area (Å²) in [6.45, 7) is 3.63. The lowest BCUT2D eigenvalue weighted by atomic mass is 10.1. The van der Waals surface area contributed by atoms with Gasteiger partial charge in [0.2, 0.25) is 10.0 Å². The monoisotopic (exact) mass is 407 g/mol. The molecule has 0 bridgehead atoms. The zero-order valence-electron chi connectivity index (χ0n) is 16.9. The maximum Gasteiger partial charge on any atom is 0.338 e. The van der Waals surface area contributed by atoms with Gasteiger partial charge in [0.25, 0.3) is 0 Å². The fourth-order valence-electron chi connectivity index (χ4n) is 2.59. The molecule has 0 saturated heterocycles. The molecule has 2 aromatic rings. The number of aryl methyl sites for hydroxylation is 2. The third-order valence-electron chi connectivity index (χ3n) is 4.41. The molecule has 7 nitrogen and oxygen atoms in total. The molecule has 0 fully saturated rings. The van der Waals surface area contributed by atoms with Gasteiger partial charge in [-0.1, -0.05) is 6.07 Å². The van der Waals surface area contributed by atoms with Crippen LogP contribution in [0.25, 0.3) is 0 Å². The molecule has 0 N–H and O–H groups in total. The van der Waals surface area contributed by atoms with Crippen LogP contribution in [0.1, 0.15) is 27.0 Å². The van der Waals surface area contributed by atoms with Crippen LogP contribution < -0.4 is 9.47 Å². The average molecular weight is 407 g/mol. The summed E-state index contributed by atoms with van der Waals surface area (Å²) in [5.41, 5.74) is 2.49. The van der Waals surface area contributed by atoms with Crippen LogP contribution >= 0.6 is 0 Å². The number of sulfonamides is 1. The molecule has 0 spiro atoms. The Morgan fingerprint density at radius 1 is 0.964 bits per heavy atom. The first-order chi connectivity index (χ1) is 13.1. The van der Waals surface area contributed by atoms with E-state index >= 15 is 0 Å². The van der Waals surface area contributed by atoms with E-state index < -0.39 is 16.0 Å². The highest BCUT2D eigenvalue weighted by Crippen LogP contribution is 2.30.